The van der Waals surface area contributed by atoms with Crippen LogP contribution in [-0.4, -0.2) is 24.2 Å². The van der Waals surface area contributed by atoms with Crippen molar-refractivity contribution in [1.29, 1.82) is 0 Å². The number of rotatable bonds is 4. The summed E-state index contributed by atoms with van der Waals surface area (Å²) in [6.45, 7) is 10.9. The molecule has 0 aromatic heterocycles. The third-order valence-electron chi connectivity index (χ3n) is 4.74. The van der Waals surface area contributed by atoms with Crippen LogP contribution in [0.3, 0.4) is 0 Å². The molecule has 1 atom stereocenters. The summed E-state index contributed by atoms with van der Waals surface area (Å²) in [7, 11) is -1.06. The maximum absolute atomic E-state index is 14.4. The van der Waals surface area contributed by atoms with Crippen LogP contribution >= 0.6 is 0 Å². The van der Waals surface area contributed by atoms with Gasteiger partial charge in [-0.05, 0) is 39.5 Å². The first-order valence-corrected chi connectivity index (χ1v) is 7.37. The van der Waals surface area contributed by atoms with Crippen molar-refractivity contribution in [3.05, 3.63) is 11.8 Å². The Hall–Kier alpha value is -0.485. The molecule has 1 heterocycles. The largest absolute Gasteiger partial charge is 0.524 e. The van der Waals surface area contributed by atoms with Crippen molar-refractivity contribution >= 4 is 7.12 Å². The maximum Gasteiger partial charge on any atom is 0.524 e. The van der Waals surface area contributed by atoms with Crippen LogP contribution in [0.2, 0.25) is 0 Å². The fraction of sp³-hybridized carbons (Fsp3) is 0.867. The fourth-order valence-corrected chi connectivity index (χ4v) is 2.58. The molecule has 0 bridgehead atoms. The minimum atomic E-state index is -2.58. The predicted octanol–water partition coefficient (Wildman–Crippen LogP) is 4.54. The summed E-state index contributed by atoms with van der Waals surface area (Å²) < 4.78 is 51.6. The average molecular weight is 304 g/mol. The van der Waals surface area contributed by atoms with Crippen molar-refractivity contribution in [2.75, 3.05) is 0 Å². The molecule has 0 amide bonds. The Morgan fingerprint density at radius 1 is 1.19 bits per heavy atom. The van der Waals surface area contributed by atoms with Crippen LogP contribution in [0.4, 0.5) is 13.2 Å². The lowest BCUT2D eigenvalue weighted by Gasteiger charge is -2.32. The summed E-state index contributed by atoms with van der Waals surface area (Å²) >= 11 is 0. The molecule has 6 heteroatoms. The number of halogens is 3. The van der Waals surface area contributed by atoms with E-state index < -0.39 is 41.3 Å². The van der Waals surface area contributed by atoms with E-state index in [1.807, 2.05) is 27.7 Å². The molecule has 1 saturated heterocycles. The summed E-state index contributed by atoms with van der Waals surface area (Å²) in [4.78, 5) is 0. The molecule has 1 aliphatic heterocycles. The van der Waals surface area contributed by atoms with E-state index >= 15 is 0 Å². The highest BCUT2D eigenvalue weighted by molar-refractivity contribution is 6.53. The van der Waals surface area contributed by atoms with E-state index in [0.717, 1.165) is 0 Å². The summed E-state index contributed by atoms with van der Waals surface area (Å²) in [5.74, 6) is -3.22. The highest BCUT2D eigenvalue weighted by atomic mass is 19.3. The van der Waals surface area contributed by atoms with E-state index in [9.17, 15) is 13.2 Å². The minimum absolute atomic E-state index is 0.0949. The van der Waals surface area contributed by atoms with Gasteiger partial charge in [-0.2, -0.15) is 0 Å². The lowest BCUT2D eigenvalue weighted by molar-refractivity contribution is 0.00578. The van der Waals surface area contributed by atoms with E-state index in [1.165, 1.54) is 6.08 Å². The second kappa shape index (κ2) is 4.75. The van der Waals surface area contributed by atoms with Crippen LogP contribution in [0.15, 0.2) is 11.8 Å². The Morgan fingerprint density at radius 2 is 1.62 bits per heavy atom. The molecular weight excluding hydrogens is 280 g/mol. The van der Waals surface area contributed by atoms with Crippen LogP contribution in [0, 0.1) is 11.3 Å². The number of hydrogen-bond donors (Lipinski definition) is 0. The summed E-state index contributed by atoms with van der Waals surface area (Å²) in [6, 6.07) is 0. The van der Waals surface area contributed by atoms with Gasteiger partial charge in [0.05, 0.1) is 11.2 Å². The van der Waals surface area contributed by atoms with Gasteiger partial charge in [-0.1, -0.05) is 19.9 Å². The molecule has 2 rings (SSSR count). The molecular formula is C15H24BF3O2. The zero-order chi connectivity index (χ0) is 16.3. The van der Waals surface area contributed by atoms with Crippen molar-refractivity contribution in [3.8, 4) is 0 Å². The number of allylic oxidation sites excluding steroid dienone is 1. The van der Waals surface area contributed by atoms with Gasteiger partial charge in [0.15, 0.2) is 0 Å². The van der Waals surface area contributed by atoms with Crippen molar-refractivity contribution in [1.82, 2.24) is 0 Å². The lowest BCUT2D eigenvalue weighted by Crippen LogP contribution is -2.41. The Labute approximate surface area is 125 Å². The van der Waals surface area contributed by atoms with Gasteiger partial charge < -0.3 is 9.31 Å². The van der Waals surface area contributed by atoms with Gasteiger partial charge in [0.2, 0.25) is 0 Å². The van der Waals surface area contributed by atoms with Crippen molar-refractivity contribution < 1.29 is 22.5 Å². The van der Waals surface area contributed by atoms with Gasteiger partial charge in [-0.25, -0.2) is 13.2 Å². The van der Waals surface area contributed by atoms with Crippen LogP contribution in [-0.2, 0) is 9.31 Å². The molecule has 2 nitrogen and oxygen atoms in total. The average Bonchev–Trinajstić information content (AvgIpc) is 2.72. The van der Waals surface area contributed by atoms with E-state index in [1.54, 1.807) is 13.8 Å². The topological polar surface area (TPSA) is 18.5 Å². The van der Waals surface area contributed by atoms with Gasteiger partial charge in [0, 0.05) is 12.3 Å². The molecule has 0 aromatic carbocycles. The third-order valence-corrected chi connectivity index (χ3v) is 4.74. The van der Waals surface area contributed by atoms with Gasteiger partial charge in [-0.15, -0.1) is 0 Å². The predicted molar refractivity (Wildman–Crippen MR) is 76.7 cm³/mol. The van der Waals surface area contributed by atoms with Crippen molar-refractivity contribution in [2.45, 2.75) is 71.5 Å². The van der Waals surface area contributed by atoms with E-state index in [4.69, 9.17) is 9.31 Å². The number of alkyl halides is 2. The lowest BCUT2D eigenvalue weighted by atomic mass is 9.79. The third kappa shape index (κ3) is 3.47. The highest BCUT2D eigenvalue weighted by Gasteiger charge is 2.58. The summed E-state index contributed by atoms with van der Waals surface area (Å²) in [6.07, 6.45) is 1.53. The molecule has 1 unspecified atom stereocenters. The van der Waals surface area contributed by atoms with Gasteiger partial charge in [0.25, 0.3) is 5.92 Å². The molecule has 0 radical (unpaired) electrons. The van der Waals surface area contributed by atoms with E-state index in [2.05, 4.69) is 0 Å². The standard InChI is InChI=1S/C15H24BF3O2/c1-12(2,7-10-8-15(10,18)19)9-11(17)16-20-13(3,4)14(5,6)21-16/h9-10H,7-8H2,1-6H3. The summed E-state index contributed by atoms with van der Waals surface area (Å²) in [5, 5.41) is 0. The molecule has 2 fully saturated rings. The molecule has 0 aromatic rings. The van der Waals surface area contributed by atoms with E-state index in [-0.39, 0.29) is 12.8 Å². The smallest absolute Gasteiger partial charge is 0.398 e. The number of hydrogen-bond acceptors (Lipinski definition) is 2. The zero-order valence-corrected chi connectivity index (χ0v) is 13.6. The minimum Gasteiger partial charge on any atom is -0.398 e. The quantitative estimate of drug-likeness (QED) is 0.710. The second-order valence-electron chi connectivity index (χ2n) is 7.97. The SMILES string of the molecule is CC(C)(C=C(F)B1OC(C)(C)C(C)(C)O1)CC1CC1(F)F. The first-order valence-electron chi connectivity index (χ1n) is 7.37. The Balaban J connectivity index is 2.04. The van der Waals surface area contributed by atoms with Gasteiger partial charge >= 0.3 is 7.12 Å². The normalized spacial score (nSPS) is 30.6. The van der Waals surface area contributed by atoms with Crippen LogP contribution < -0.4 is 0 Å². The molecule has 0 spiro atoms. The second-order valence-corrected chi connectivity index (χ2v) is 7.97. The van der Waals surface area contributed by atoms with Crippen LogP contribution in [0.1, 0.15) is 54.4 Å². The highest BCUT2D eigenvalue weighted by Crippen LogP contribution is 2.54. The van der Waals surface area contributed by atoms with Crippen LogP contribution in [0.5, 0.6) is 0 Å². The Morgan fingerprint density at radius 3 is 2.00 bits per heavy atom. The van der Waals surface area contributed by atoms with Crippen LogP contribution in [0.25, 0.3) is 0 Å². The van der Waals surface area contributed by atoms with Gasteiger partial charge in [-0.3, -0.25) is 0 Å². The first-order chi connectivity index (χ1) is 9.26. The molecule has 1 saturated carbocycles. The molecule has 2 aliphatic rings. The Kier molecular flexibility index (Phi) is 3.82. The fourth-order valence-electron chi connectivity index (χ4n) is 2.58. The van der Waals surface area contributed by atoms with Crippen molar-refractivity contribution in [2.24, 2.45) is 11.3 Å². The monoisotopic (exact) mass is 304 g/mol. The summed E-state index contributed by atoms with van der Waals surface area (Å²) in [5.41, 5.74) is -2.42. The molecule has 120 valence electrons. The zero-order valence-electron chi connectivity index (χ0n) is 13.6. The van der Waals surface area contributed by atoms with Gasteiger partial charge in [0.1, 0.15) is 5.73 Å². The molecule has 1 aliphatic carbocycles. The van der Waals surface area contributed by atoms with Crippen molar-refractivity contribution in [3.63, 3.8) is 0 Å². The van der Waals surface area contributed by atoms with E-state index in [0.29, 0.717) is 0 Å². The Bertz CT molecular complexity index is 442. The molecule has 21 heavy (non-hydrogen) atoms. The maximum atomic E-state index is 14.4. The molecule has 0 N–H and O–H groups in total. The first kappa shape index (κ1) is 16.9.